The maximum absolute atomic E-state index is 11.4. The zero-order valence-electron chi connectivity index (χ0n) is 12.9. The van der Waals surface area contributed by atoms with Crippen LogP contribution in [0.5, 0.6) is 0 Å². The van der Waals surface area contributed by atoms with E-state index >= 15 is 0 Å². The van der Waals surface area contributed by atoms with Crippen LogP contribution in [0.3, 0.4) is 0 Å². The highest BCUT2D eigenvalue weighted by molar-refractivity contribution is 6.35. The van der Waals surface area contributed by atoms with Crippen molar-refractivity contribution < 1.29 is 9.59 Å². The van der Waals surface area contributed by atoms with Crippen LogP contribution in [0, 0.1) is 5.92 Å². The van der Waals surface area contributed by atoms with E-state index in [1.807, 2.05) is 57.1 Å². The van der Waals surface area contributed by atoms with Crippen molar-refractivity contribution in [3.8, 4) is 0 Å². The fraction of sp³-hybridized carbons (Fsp3) is 0.400. The largest absolute Gasteiger partial charge is 0.378 e. The Hall–Kier alpha value is -2.37. The molecule has 0 aromatic heterocycles. The first-order valence-corrected chi connectivity index (χ1v) is 6.78. The van der Waals surface area contributed by atoms with Crippen molar-refractivity contribution in [1.82, 2.24) is 10.7 Å². The molecule has 0 aliphatic heterocycles. The average molecular weight is 290 g/mol. The second kappa shape index (κ2) is 8.04. The first kappa shape index (κ1) is 16.7. The molecule has 0 spiro atoms. The number of hydrazone groups is 1. The Bertz CT molecular complexity index is 507. The van der Waals surface area contributed by atoms with E-state index in [1.54, 1.807) is 0 Å². The van der Waals surface area contributed by atoms with Gasteiger partial charge in [-0.1, -0.05) is 26.0 Å². The van der Waals surface area contributed by atoms with Crippen molar-refractivity contribution in [2.75, 3.05) is 25.5 Å². The van der Waals surface area contributed by atoms with Crippen LogP contribution in [-0.2, 0) is 9.59 Å². The molecule has 1 aromatic rings. The Balaban J connectivity index is 2.46. The van der Waals surface area contributed by atoms with Gasteiger partial charge in [-0.15, -0.1) is 0 Å². The average Bonchev–Trinajstić information content (AvgIpc) is 2.45. The zero-order valence-corrected chi connectivity index (χ0v) is 12.9. The Labute approximate surface area is 125 Å². The number of hydrogen-bond donors (Lipinski definition) is 2. The molecule has 6 heteroatoms. The lowest BCUT2D eigenvalue weighted by atomic mass is 10.2. The lowest BCUT2D eigenvalue weighted by molar-refractivity contribution is -0.139. The van der Waals surface area contributed by atoms with E-state index in [0.29, 0.717) is 12.5 Å². The first-order chi connectivity index (χ1) is 9.90. The highest BCUT2D eigenvalue weighted by Gasteiger charge is 2.11. The normalized spacial score (nSPS) is 10.7. The standard InChI is InChI=1S/C15H22N4O2/c1-11(2)9-16-14(20)15(21)18-17-10-12-5-7-13(8-6-12)19(3)4/h5-8,10-11H,9H2,1-4H3,(H,16,20)(H,18,21). The number of nitrogens with zero attached hydrogens (tertiary/aromatic N) is 2. The van der Waals surface area contributed by atoms with Crippen LogP contribution in [0.1, 0.15) is 19.4 Å². The Morgan fingerprint density at radius 3 is 2.33 bits per heavy atom. The van der Waals surface area contributed by atoms with Gasteiger partial charge in [0.15, 0.2) is 0 Å². The van der Waals surface area contributed by atoms with Crippen LogP contribution in [0.15, 0.2) is 29.4 Å². The molecule has 2 amide bonds. The molecule has 0 aliphatic rings. The zero-order chi connectivity index (χ0) is 15.8. The van der Waals surface area contributed by atoms with Gasteiger partial charge in [-0.3, -0.25) is 9.59 Å². The minimum atomic E-state index is -0.767. The van der Waals surface area contributed by atoms with Crippen LogP contribution in [0.2, 0.25) is 0 Å². The SMILES string of the molecule is CC(C)CNC(=O)C(=O)NN=Cc1ccc(N(C)C)cc1. The summed E-state index contributed by atoms with van der Waals surface area (Å²) in [6.45, 7) is 4.36. The van der Waals surface area contributed by atoms with Crippen molar-refractivity contribution in [3.05, 3.63) is 29.8 Å². The second-order valence-electron chi connectivity index (χ2n) is 5.29. The Morgan fingerprint density at radius 1 is 1.19 bits per heavy atom. The number of hydrogen-bond acceptors (Lipinski definition) is 4. The molecule has 0 fully saturated rings. The third-order valence-electron chi connectivity index (χ3n) is 2.67. The highest BCUT2D eigenvalue weighted by Crippen LogP contribution is 2.10. The molecule has 21 heavy (non-hydrogen) atoms. The van der Waals surface area contributed by atoms with Crippen LogP contribution in [0.4, 0.5) is 5.69 Å². The first-order valence-electron chi connectivity index (χ1n) is 6.78. The number of nitrogens with one attached hydrogen (secondary N) is 2. The van der Waals surface area contributed by atoms with E-state index in [9.17, 15) is 9.59 Å². The molecule has 1 rings (SSSR count). The predicted octanol–water partition coefficient (Wildman–Crippen LogP) is 0.975. The number of benzene rings is 1. The maximum Gasteiger partial charge on any atom is 0.329 e. The quantitative estimate of drug-likeness (QED) is 0.482. The summed E-state index contributed by atoms with van der Waals surface area (Å²) < 4.78 is 0. The molecule has 0 bridgehead atoms. The molecule has 0 radical (unpaired) electrons. The molecule has 1 aromatic carbocycles. The summed E-state index contributed by atoms with van der Waals surface area (Å²) in [5.74, 6) is -1.15. The summed E-state index contributed by atoms with van der Waals surface area (Å²) in [5.41, 5.74) is 4.11. The number of anilines is 1. The molecular formula is C15H22N4O2. The van der Waals surface area contributed by atoms with Crippen LogP contribution in [-0.4, -0.2) is 38.7 Å². The van der Waals surface area contributed by atoms with E-state index in [1.165, 1.54) is 6.21 Å². The number of carbonyl (C=O) groups excluding carboxylic acids is 2. The molecule has 0 saturated heterocycles. The highest BCUT2D eigenvalue weighted by atomic mass is 16.2. The summed E-state index contributed by atoms with van der Waals surface area (Å²) in [4.78, 5) is 24.8. The number of rotatable bonds is 5. The van der Waals surface area contributed by atoms with Crippen molar-refractivity contribution >= 4 is 23.7 Å². The molecule has 0 aliphatic carbocycles. The lowest BCUT2D eigenvalue weighted by Crippen LogP contribution is -2.39. The van der Waals surface area contributed by atoms with Crippen LogP contribution >= 0.6 is 0 Å². The molecule has 0 heterocycles. The van der Waals surface area contributed by atoms with Crippen molar-refractivity contribution in [2.45, 2.75) is 13.8 Å². The minimum absolute atomic E-state index is 0.292. The molecule has 0 unspecified atom stereocenters. The van der Waals surface area contributed by atoms with Gasteiger partial charge in [0.05, 0.1) is 6.21 Å². The second-order valence-corrected chi connectivity index (χ2v) is 5.29. The van der Waals surface area contributed by atoms with E-state index in [-0.39, 0.29) is 0 Å². The monoisotopic (exact) mass is 290 g/mol. The van der Waals surface area contributed by atoms with Gasteiger partial charge in [0.2, 0.25) is 0 Å². The molecule has 2 N–H and O–H groups in total. The number of amides is 2. The van der Waals surface area contributed by atoms with Gasteiger partial charge in [-0.05, 0) is 23.6 Å². The molecular weight excluding hydrogens is 268 g/mol. The van der Waals surface area contributed by atoms with Crippen molar-refractivity contribution in [3.63, 3.8) is 0 Å². The topological polar surface area (TPSA) is 73.8 Å². The van der Waals surface area contributed by atoms with Crippen molar-refractivity contribution in [1.29, 1.82) is 0 Å². The molecule has 0 saturated carbocycles. The van der Waals surface area contributed by atoms with E-state index in [0.717, 1.165) is 11.3 Å². The Morgan fingerprint density at radius 2 is 1.81 bits per heavy atom. The van der Waals surface area contributed by atoms with E-state index in [2.05, 4.69) is 15.8 Å². The maximum atomic E-state index is 11.4. The molecule has 114 valence electrons. The van der Waals surface area contributed by atoms with Crippen LogP contribution < -0.4 is 15.6 Å². The predicted molar refractivity (Wildman–Crippen MR) is 84.4 cm³/mol. The fourth-order valence-corrected chi connectivity index (χ4v) is 1.45. The molecule has 6 nitrogen and oxygen atoms in total. The van der Waals surface area contributed by atoms with Gasteiger partial charge < -0.3 is 10.2 Å². The van der Waals surface area contributed by atoms with Crippen molar-refractivity contribution in [2.24, 2.45) is 11.0 Å². The van der Waals surface area contributed by atoms with E-state index < -0.39 is 11.8 Å². The third kappa shape index (κ3) is 6.07. The smallest absolute Gasteiger partial charge is 0.329 e. The fourth-order valence-electron chi connectivity index (χ4n) is 1.45. The summed E-state index contributed by atoms with van der Waals surface area (Å²) in [6, 6.07) is 7.64. The lowest BCUT2D eigenvalue weighted by Gasteiger charge is -2.11. The van der Waals surface area contributed by atoms with Gasteiger partial charge >= 0.3 is 11.8 Å². The van der Waals surface area contributed by atoms with Crippen LogP contribution in [0.25, 0.3) is 0 Å². The van der Waals surface area contributed by atoms with E-state index in [4.69, 9.17) is 0 Å². The Kier molecular flexibility index (Phi) is 6.39. The third-order valence-corrected chi connectivity index (χ3v) is 2.67. The van der Waals surface area contributed by atoms with Gasteiger partial charge in [-0.25, -0.2) is 5.43 Å². The van der Waals surface area contributed by atoms with Gasteiger partial charge in [0, 0.05) is 26.3 Å². The summed E-state index contributed by atoms with van der Waals surface area (Å²) in [7, 11) is 3.91. The molecule has 0 atom stereocenters. The summed E-state index contributed by atoms with van der Waals surface area (Å²) in [5, 5.41) is 6.29. The number of carbonyl (C=O) groups is 2. The van der Waals surface area contributed by atoms with Gasteiger partial charge in [0.1, 0.15) is 0 Å². The summed E-state index contributed by atoms with van der Waals surface area (Å²) >= 11 is 0. The van der Waals surface area contributed by atoms with Gasteiger partial charge in [0.25, 0.3) is 0 Å². The summed E-state index contributed by atoms with van der Waals surface area (Å²) in [6.07, 6.45) is 1.49. The minimum Gasteiger partial charge on any atom is -0.378 e. The van der Waals surface area contributed by atoms with Gasteiger partial charge in [-0.2, -0.15) is 5.10 Å².